The molecule has 1 aromatic heterocycles. The Kier molecular flexibility index (Phi) is 10.6. The first kappa shape index (κ1) is 27.8. The van der Waals surface area contributed by atoms with E-state index < -0.39 is 0 Å². The number of fused-ring (bicyclic) bond motifs is 1. The minimum atomic E-state index is 0.136. The number of carbonyl (C=O) groups is 1. The lowest BCUT2D eigenvalue weighted by Crippen LogP contribution is -2.31. The lowest BCUT2D eigenvalue weighted by Gasteiger charge is -2.28. The highest BCUT2D eigenvalue weighted by Crippen LogP contribution is 2.35. The Morgan fingerprint density at radius 3 is 2.70 bits per heavy atom. The molecule has 3 aromatic rings. The molecule has 0 radical (unpaired) electrons. The molecule has 0 saturated carbocycles. The molecule has 1 saturated heterocycles. The summed E-state index contributed by atoms with van der Waals surface area (Å²) < 4.78 is 5.45. The highest BCUT2D eigenvalue weighted by molar-refractivity contribution is 5.99. The smallest absolute Gasteiger partial charge is 0.193 e. The van der Waals surface area contributed by atoms with Gasteiger partial charge in [-0.05, 0) is 82.5 Å². The highest BCUT2D eigenvalue weighted by Gasteiger charge is 2.15. The summed E-state index contributed by atoms with van der Waals surface area (Å²) >= 11 is 0. The number of aromatic nitrogens is 2. The van der Waals surface area contributed by atoms with Crippen molar-refractivity contribution in [3.8, 4) is 23.1 Å². The van der Waals surface area contributed by atoms with Gasteiger partial charge in [-0.1, -0.05) is 24.8 Å². The van der Waals surface area contributed by atoms with Gasteiger partial charge in [0.15, 0.2) is 12.1 Å². The van der Waals surface area contributed by atoms with Crippen LogP contribution in [0, 0.1) is 17.2 Å². The number of benzene rings is 2. The van der Waals surface area contributed by atoms with Crippen molar-refractivity contribution >= 4 is 22.7 Å². The number of nitrogens with zero attached hydrogens (tertiary/aromatic N) is 4. The van der Waals surface area contributed by atoms with Crippen LogP contribution < -0.4 is 15.4 Å². The minimum absolute atomic E-state index is 0.136. The maximum absolute atomic E-state index is 10.9. The van der Waals surface area contributed by atoms with Crippen LogP contribution in [0.5, 0.6) is 5.75 Å². The molecule has 0 aliphatic carbocycles. The summed E-state index contributed by atoms with van der Waals surface area (Å²) in [5.74, 6) is 1.78. The number of hydrogen-bond donors (Lipinski definition) is 2. The second-order valence-electron chi connectivity index (χ2n) is 9.20. The SMILES string of the molecule is C=C(C#N)CNc1c(OC)ccc2ccc(-c3ccnc(C=O)n3)cc12.CNCCC1CCN(C)CC1. The molecule has 2 N–H and O–H groups in total. The monoisotopic (exact) mass is 500 g/mol. The maximum Gasteiger partial charge on any atom is 0.193 e. The quantitative estimate of drug-likeness (QED) is 0.326. The van der Waals surface area contributed by atoms with Crippen LogP contribution in [0.4, 0.5) is 5.69 Å². The predicted octanol–water partition coefficient (Wildman–Crippen LogP) is 4.55. The second-order valence-corrected chi connectivity index (χ2v) is 9.20. The van der Waals surface area contributed by atoms with Gasteiger partial charge in [0.1, 0.15) is 5.75 Å². The van der Waals surface area contributed by atoms with Crippen molar-refractivity contribution in [1.29, 1.82) is 5.26 Å². The molecule has 4 rings (SSSR count). The van der Waals surface area contributed by atoms with Crippen molar-refractivity contribution in [3.63, 3.8) is 0 Å². The van der Waals surface area contributed by atoms with Crippen LogP contribution in [0.25, 0.3) is 22.0 Å². The van der Waals surface area contributed by atoms with E-state index in [4.69, 9.17) is 10.00 Å². The number of piperidine rings is 1. The third-order valence-electron chi connectivity index (χ3n) is 6.56. The fourth-order valence-corrected chi connectivity index (χ4v) is 4.34. The minimum Gasteiger partial charge on any atom is -0.495 e. The Balaban J connectivity index is 0.000000289. The van der Waals surface area contributed by atoms with Crippen LogP contribution in [-0.4, -0.2) is 68.5 Å². The molecule has 194 valence electrons. The molecule has 0 bridgehead atoms. The zero-order valence-electron chi connectivity index (χ0n) is 22.0. The van der Waals surface area contributed by atoms with E-state index in [1.165, 1.54) is 38.9 Å². The Labute approximate surface area is 219 Å². The maximum atomic E-state index is 10.9. The topological polar surface area (TPSA) is 103 Å². The zero-order valence-corrected chi connectivity index (χ0v) is 22.0. The van der Waals surface area contributed by atoms with Gasteiger partial charge in [0.2, 0.25) is 0 Å². The number of nitriles is 1. The third kappa shape index (κ3) is 7.84. The van der Waals surface area contributed by atoms with Gasteiger partial charge in [-0.25, -0.2) is 9.97 Å². The van der Waals surface area contributed by atoms with Crippen molar-refractivity contribution < 1.29 is 9.53 Å². The molecule has 1 aliphatic rings. The molecular formula is C29H36N6O2. The van der Waals surface area contributed by atoms with E-state index in [-0.39, 0.29) is 5.82 Å². The van der Waals surface area contributed by atoms with E-state index in [0.717, 1.165) is 27.9 Å². The Morgan fingerprint density at radius 1 is 1.27 bits per heavy atom. The normalized spacial score (nSPS) is 13.8. The largest absolute Gasteiger partial charge is 0.495 e. The second kappa shape index (κ2) is 14.1. The molecule has 2 heterocycles. The summed E-state index contributed by atoms with van der Waals surface area (Å²) in [7, 11) is 5.85. The van der Waals surface area contributed by atoms with Crippen LogP contribution in [0.3, 0.4) is 0 Å². The molecule has 0 atom stereocenters. The standard InChI is InChI=1S/C20H16N4O2.C9H20N2/c1-13(10-21)11-23-20-16-9-15(17-7-8-22-19(12-25)24-17)4-3-14(16)5-6-18(20)26-2;1-10-6-3-9-4-7-11(2)8-5-9/h3-9,12,23H,1,11H2,2H3;9-10H,3-8H2,1-2H3. The van der Waals surface area contributed by atoms with Crippen molar-refractivity contribution in [3.05, 3.63) is 60.6 Å². The van der Waals surface area contributed by atoms with E-state index >= 15 is 0 Å². The highest BCUT2D eigenvalue weighted by atomic mass is 16.5. The van der Waals surface area contributed by atoms with Crippen LogP contribution >= 0.6 is 0 Å². The van der Waals surface area contributed by atoms with Crippen molar-refractivity contribution in [1.82, 2.24) is 20.2 Å². The molecule has 1 aliphatic heterocycles. The van der Waals surface area contributed by atoms with Gasteiger partial charge in [-0.2, -0.15) is 5.26 Å². The Bertz CT molecular complexity index is 1240. The zero-order chi connectivity index (χ0) is 26.6. The predicted molar refractivity (Wildman–Crippen MR) is 149 cm³/mol. The first-order valence-electron chi connectivity index (χ1n) is 12.5. The molecular weight excluding hydrogens is 464 g/mol. The summed E-state index contributed by atoms with van der Waals surface area (Å²) in [5.41, 5.74) is 2.69. The van der Waals surface area contributed by atoms with Crippen LogP contribution in [0.2, 0.25) is 0 Å². The van der Waals surface area contributed by atoms with E-state index in [9.17, 15) is 4.79 Å². The molecule has 8 nitrogen and oxygen atoms in total. The number of ether oxygens (including phenoxy) is 1. The average molecular weight is 501 g/mol. The summed E-state index contributed by atoms with van der Waals surface area (Å²) in [6.45, 7) is 7.80. The molecule has 8 heteroatoms. The van der Waals surface area contributed by atoms with Gasteiger partial charge in [0, 0.05) is 29.3 Å². The summed E-state index contributed by atoms with van der Waals surface area (Å²) in [4.78, 5) is 21.5. The van der Waals surface area contributed by atoms with Gasteiger partial charge in [0.25, 0.3) is 0 Å². The average Bonchev–Trinajstić information content (AvgIpc) is 2.95. The van der Waals surface area contributed by atoms with Gasteiger partial charge in [-0.15, -0.1) is 0 Å². The first-order valence-corrected chi connectivity index (χ1v) is 12.5. The number of methoxy groups -OCH3 is 1. The number of hydrogen-bond acceptors (Lipinski definition) is 8. The number of rotatable bonds is 9. The molecule has 37 heavy (non-hydrogen) atoms. The lowest BCUT2D eigenvalue weighted by molar-refractivity contribution is 0.111. The van der Waals surface area contributed by atoms with Crippen molar-refractivity contribution in [2.45, 2.75) is 19.3 Å². The Morgan fingerprint density at radius 2 is 2.03 bits per heavy atom. The summed E-state index contributed by atoms with van der Waals surface area (Å²) in [6.07, 6.45) is 6.34. The molecule has 0 spiro atoms. The number of carbonyl (C=O) groups excluding carboxylic acids is 1. The molecule has 2 aromatic carbocycles. The third-order valence-corrected chi connectivity index (χ3v) is 6.56. The number of likely N-dealkylation sites (tertiary alicyclic amines) is 1. The Hall–Kier alpha value is -3.80. The lowest BCUT2D eigenvalue weighted by atomic mass is 9.94. The molecule has 1 fully saturated rings. The fraction of sp³-hybridized carbons (Fsp3) is 0.379. The van der Waals surface area contributed by atoms with Crippen LogP contribution in [-0.2, 0) is 0 Å². The van der Waals surface area contributed by atoms with Gasteiger partial charge in [0.05, 0.1) is 24.6 Å². The van der Waals surface area contributed by atoms with Gasteiger partial charge < -0.3 is 20.3 Å². The van der Waals surface area contributed by atoms with Crippen molar-refractivity contribution in [2.75, 3.05) is 52.7 Å². The molecule has 0 amide bonds. The number of anilines is 1. The van der Waals surface area contributed by atoms with E-state index in [1.54, 1.807) is 19.4 Å². The van der Waals surface area contributed by atoms with Crippen LogP contribution in [0.1, 0.15) is 29.9 Å². The number of aldehydes is 1. The van der Waals surface area contributed by atoms with Gasteiger partial charge in [-0.3, -0.25) is 4.79 Å². The van der Waals surface area contributed by atoms with Gasteiger partial charge >= 0.3 is 0 Å². The van der Waals surface area contributed by atoms with Crippen molar-refractivity contribution in [2.24, 2.45) is 5.92 Å². The van der Waals surface area contributed by atoms with E-state index in [0.29, 0.717) is 29.8 Å². The van der Waals surface area contributed by atoms with E-state index in [1.807, 2.05) is 43.4 Å². The summed E-state index contributed by atoms with van der Waals surface area (Å²) in [6, 6.07) is 13.5. The number of nitrogens with one attached hydrogen (secondary N) is 2. The van der Waals surface area contributed by atoms with E-state index in [2.05, 4.69) is 39.1 Å². The fourth-order valence-electron chi connectivity index (χ4n) is 4.34. The molecule has 0 unspecified atom stereocenters. The summed E-state index contributed by atoms with van der Waals surface area (Å²) in [5, 5.41) is 17.3. The van der Waals surface area contributed by atoms with Crippen LogP contribution in [0.15, 0.2) is 54.7 Å². The first-order chi connectivity index (χ1) is 18.0.